The molecule has 0 N–H and O–H groups in total. The summed E-state index contributed by atoms with van der Waals surface area (Å²) in [4.78, 5) is 22.4. The normalized spacial score (nSPS) is 38.3. The van der Waals surface area contributed by atoms with Gasteiger partial charge in [-0.25, -0.2) is 0 Å². The first-order valence-corrected chi connectivity index (χ1v) is 6.73. The maximum absolute atomic E-state index is 11.3. The molecular formula is C14H18O4. The summed E-state index contributed by atoms with van der Waals surface area (Å²) in [6.45, 7) is 1.47. The molecule has 3 aliphatic rings. The molecule has 1 saturated heterocycles. The molecule has 0 amide bonds. The van der Waals surface area contributed by atoms with Crippen LogP contribution >= 0.6 is 0 Å². The predicted octanol–water partition coefficient (Wildman–Crippen LogP) is 2.19. The summed E-state index contributed by atoms with van der Waals surface area (Å²) in [5, 5.41) is 0. The van der Waals surface area contributed by atoms with Crippen LogP contribution in [0.15, 0.2) is 11.8 Å². The van der Waals surface area contributed by atoms with E-state index in [4.69, 9.17) is 9.47 Å². The second-order valence-electron chi connectivity index (χ2n) is 5.51. The third kappa shape index (κ3) is 1.93. The summed E-state index contributed by atoms with van der Waals surface area (Å²) in [5.41, 5.74) is 0. The van der Waals surface area contributed by atoms with Crippen molar-refractivity contribution >= 4 is 11.9 Å². The van der Waals surface area contributed by atoms with Crippen molar-refractivity contribution in [3.63, 3.8) is 0 Å². The lowest BCUT2D eigenvalue weighted by Gasteiger charge is -2.37. The molecule has 1 saturated carbocycles. The van der Waals surface area contributed by atoms with Gasteiger partial charge < -0.3 is 9.47 Å². The average Bonchev–Trinajstić information content (AvgIpc) is 2.71. The maximum atomic E-state index is 11.3. The molecule has 0 radical (unpaired) electrons. The maximum Gasteiger partial charge on any atom is 0.310 e. The second-order valence-corrected chi connectivity index (χ2v) is 5.51. The van der Waals surface area contributed by atoms with Crippen molar-refractivity contribution in [3.05, 3.63) is 11.8 Å². The van der Waals surface area contributed by atoms with E-state index in [-0.39, 0.29) is 18.0 Å². The smallest absolute Gasteiger partial charge is 0.310 e. The highest BCUT2D eigenvalue weighted by atomic mass is 16.5. The van der Waals surface area contributed by atoms with Crippen molar-refractivity contribution in [2.75, 3.05) is 0 Å². The number of ether oxygens (including phenoxy) is 2. The standard InChI is InChI=1S/C14H18O4/c1-8(15)17-12-5-2-9-10(12)3-6-13-11(9)4-7-14(16)18-13/h6,9-12H,2-5,7H2,1H3. The van der Waals surface area contributed by atoms with Crippen molar-refractivity contribution in [1.82, 2.24) is 0 Å². The molecule has 4 unspecified atom stereocenters. The van der Waals surface area contributed by atoms with Gasteiger partial charge >= 0.3 is 11.9 Å². The number of allylic oxidation sites excluding steroid dienone is 2. The molecule has 4 nitrogen and oxygen atoms in total. The Morgan fingerprint density at radius 1 is 1.33 bits per heavy atom. The highest BCUT2D eigenvalue weighted by molar-refractivity contribution is 5.72. The zero-order chi connectivity index (χ0) is 12.7. The summed E-state index contributed by atoms with van der Waals surface area (Å²) in [6, 6.07) is 0. The highest BCUT2D eigenvalue weighted by Crippen LogP contribution is 2.49. The molecule has 3 rings (SSSR count). The summed E-state index contributed by atoms with van der Waals surface area (Å²) >= 11 is 0. The molecule has 4 atom stereocenters. The van der Waals surface area contributed by atoms with Gasteiger partial charge in [-0.2, -0.15) is 0 Å². The SMILES string of the molecule is CC(=O)OC1CCC2C3CCC(=O)OC3=CCC12. The van der Waals surface area contributed by atoms with Crippen LogP contribution in [0, 0.1) is 17.8 Å². The Labute approximate surface area is 106 Å². The number of fused-ring (bicyclic) bond motifs is 3. The quantitative estimate of drug-likeness (QED) is 0.669. The van der Waals surface area contributed by atoms with Gasteiger partial charge in [0, 0.05) is 25.2 Å². The number of hydrogen-bond donors (Lipinski definition) is 0. The van der Waals surface area contributed by atoms with Crippen molar-refractivity contribution in [3.8, 4) is 0 Å². The van der Waals surface area contributed by atoms with Gasteiger partial charge in [-0.15, -0.1) is 0 Å². The molecule has 2 fully saturated rings. The van der Waals surface area contributed by atoms with Crippen LogP contribution in [0.2, 0.25) is 0 Å². The highest BCUT2D eigenvalue weighted by Gasteiger charge is 2.46. The number of esters is 2. The van der Waals surface area contributed by atoms with Gasteiger partial charge in [-0.3, -0.25) is 9.59 Å². The van der Waals surface area contributed by atoms with Gasteiger partial charge in [0.05, 0.1) is 0 Å². The van der Waals surface area contributed by atoms with Gasteiger partial charge in [0.15, 0.2) is 0 Å². The van der Waals surface area contributed by atoms with Crippen LogP contribution in [-0.2, 0) is 19.1 Å². The largest absolute Gasteiger partial charge is 0.462 e. The summed E-state index contributed by atoms with van der Waals surface area (Å²) in [7, 11) is 0. The fourth-order valence-electron chi connectivity index (χ4n) is 3.79. The van der Waals surface area contributed by atoms with Gasteiger partial charge in [0.2, 0.25) is 0 Å². The van der Waals surface area contributed by atoms with Crippen LogP contribution < -0.4 is 0 Å². The minimum atomic E-state index is -0.189. The number of rotatable bonds is 1. The lowest BCUT2D eigenvalue weighted by Crippen LogP contribution is -2.35. The fraction of sp³-hybridized carbons (Fsp3) is 0.714. The van der Waals surface area contributed by atoms with E-state index in [0.717, 1.165) is 31.4 Å². The molecule has 0 spiro atoms. The first-order chi connectivity index (χ1) is 8.65. The molecule has 0 aromatic rings. The van der Waals surface area contributed by atoms with Gasteiger partial charge in [-0.1, -0.05) is 0 Å². The molecule has 0 bridgehead atoms. The Kier molecular flexibility index (Phi) is 2.88. The predicted molar refractivity (Wildman–Crippen MR) is 63.3 cm³/mol. The Bertz CT molecular complexity index is 412. The van der Waals surface area contributed by atoms with Gasteiger partial charge in [-0.05, 0) is 37.7 Å². The van der Waals surface area contributed by atoms with E-state index in [2.05, 4.69) is 0 Å². The minimum Gasteiger partial charge on any atom is -0.462 e. The summed E-state index contributed by atoms with van der Waals surface area (Å²) < 4.78 is 10.7. The lowest BCUT2D eigenvalue weighted by atomic mass is 9.73. The van der Waals surface area contributed by atoms with E-state index in [1.165, 1.54) is 6.92 Å². The second kappa shape index (κ2) is 4.41. The van der Waals surface area contributed by atoms with Crippen LogP contribution in [0.25, 0.3) is 0 Å². The molecule has 0 aromatic carbocycles. The minimum absolute atomic E-state index is 0.0583. The molecular weight excluding hydrogens is 232 g/mol. The van der Waals surface area contributed by atoms with Crippen molar-refractivity contribution in [1.29, 1.82) is 0 Å². The Balaban J connectivity index is 1.76. The number of carbonyl (C=O) groups excluding carboxylic acids is 2. The van der Waals surface area contributed by atoms with Crippen LogP contribution in [-0.4, -0.2) is 18.0 Å². The van der Waals surface area contributed by atoms with E-state index in [1.807, 2.05) is 6.08 Å². The third-order valence-corrected chi connectivity index (χ3v) is 4.49. The monoisotopic (exact) mass is 250 g/mol. The van der Waals surface area contributed by atoms with Crippen LogP contribution in [0.1, 0.15) is 39.0 Å². The lowest BCUT2D eigenvalue weighted by molar-refractivity contribution is -0.149. The van der Waals surface area contributed by atoms with Crippen molar-refractivity contribution in [2.45, 2.75) is 45.1 Å². The molecule has 2 aliphatic carbocycles. The summed E-state index contributed by atoms with van der Waals surface area (Å²) in [5.74, 6) is 1.87. The van der Waals surface area contributed by atoms with E-state index in [9.17, 15) is 9.59 Å². The van der Waals surface area contributed by atoms with E-state index in [0.29, 0.717) is 24.2 Å². The van der Waals surface area contributed by atoms with Crippen molar-refractivity contribution in [2.24, 2.45) is 17.8 Å². The van der Waals surface area contributed by atoms with E-state index < -0.39 is 0 Å². The third-order valence-electron chi connectivity index (χ3n) is 4.49. The molecule has 1 heterocycles. The Morgan fingerprint density at radius 3 is 2.94 bits per heavy atom. The Morgan fingerprint density at radius 2 is 2.17 bits per heavy atom. The molecule has 1 aliphatic heterocycles. The molecule has 18 heavy (non-hydrogen) atoms. The number of carbonyl (C=O) groups is 2. The van der Waals surface area contributed by atoms with E-state index >= 15 is 0 Å². The molecule has 4 heteroatoms. The van der Waals surface area contributed by atoms with Crippen molar-refractivity contribution < 1.29 is 19.1 Å². The van der Waals surface area contributed by atoms with Crippen LogP contribution in [0.3, 0.4) is 0 Å². The van der Waals surface area contributed by atoms with Gasteiger partial charge in [0.1, 0.15) is 11.9 Å². The first kappa shape index (κ1) is 11.8. The summed E-state index contributed by atoms with van der Waals surface area (Å²) in [6.07, 6.45) is 6.37. The zero-order valence-corrected chi connectivity index (χ0v) is 10.6. The molecule has 0 aromatic heterocycles. The van der Waals surface area contributed by atoms with Gasteiger partial charge in [0.25, 0.3) is 0 Å². The molecule has 98 valence electrons. The fourth-order valence-corrected chi connectivity index (χ4v) is 3.79. The van der Waals surface area contributed by atoms with Crippen LogP contribution in [0.4, 0.5) is 0 Å². The van der Waals surface area contributed by atoms with Crippen LogP contribution in [0.5, 0.6) is 0 Å². The number of hydrogen-bond acceptors (Lipinski definition) is 4. The first-order valence-electron chi connectivity index (χ1n) is 6.73. The van der Waals surface area contributed by atoms with E-state index in [1.54, 1.807) is 0 Å². The topological polar surface area (TPSA) is 52.6 Å². The Hall–Kier alpha value is -1.32. The zero-order valence-electron chi connectivity index (χ0n) is 10.6. The average molecular weight is 250 g/mol.